The van der Waals surface area contributed by atoms with Gasteiger partial charge in [0.05, 0.1) is 29.9 Å². The molecule has 1 N–H and O–H groups in total. The predicted octanol–water partition coefficient (Wildman–Crippen LogP) is 3.56. The maximum atomic E-state index is 11.1. The minimum atomic E-state index is -0.301. The molecule has 1 aromatic heterocycles. The van der Waals surface area contributed by atoms with Crippen molar-refractivity contribution in [1.82, 2.24) is 4.98 Å². The van der Waals surface area contributed by atoms with Crippen molar-refractivity contribution in [3.63, 3.8) is 0 Å². The summed E-state index contributed by atoms with van der Waals surface area (Å²) in [4.78, 5) is 15.5. The molecule has 0 amide bonds. The number of ether oxygens (including phenoxy) is 1. The topological polar surface area (TPSA) is 51.2 Å². The van der Waals surface area contributed by atoms with E-state index in [-0.39, 0.29) is 12.4 Å². The molecule has 0 atom stereocenters. The van der Waals surface area contributed by atoms with Gasteiger partial charge in [0.25, 0.3) is 0 Å². The van der Waals surface area contributed by atoms with Gasteiger partial charge in [-0.25, -0.2) is 4.98 Å². The van der Waals surface area contributed by atoms with Crippen LogP contribution >= 0.6 is 22.9 Å². The third kappa shape index (κ3) is 3.45. The molecule has 19 heavy (non-hydrogen) atoms. The second kappa shape index (κ2) is 6.04. The summed E-state index contributed by atoms with van der Waals surface area (Å²) in [5.41, 5.74) is 2.49. The highest BCUT2D eigenvalue weighted by atomic mass is 35.5. The summed E-state index contributed by atoms with van der Waals surface area (Å²) in [6.07, 6.45) is 0.177. The van der Waals surface area contributed by atoms with Crippen LogP contribution in [0.3, 0.4) is 0 Å². The number of anilines is 2. The van der Waals surface area contributed by atoms with Gasteiger partial charge >= 0.3 is 5.97 Å². The summed E-state index contributed by atoms with van der Waals surface area (Å²) < 4.78 is 4.60. The van der Waals surface area contributed by atoms with Crippen molar-refractivity contribution in [3.05, 3.63) is 39.9 Å². The molecule has 0 spiro atoms. The molecule has 0 saturated heterocycles. The normalized spacial score (nSPS) is 10.3. The Balaban J connectivity index is 2.11. The van der Waals surface area contributed by atoms with Crippen LogP contribution in [0.25, 0.3) is 0 Å². The van der Waals surface area contributed by atoms with Crippen molar-refractivity contribution in [2.24, 2.45) is 0 Å². The number of methoxy groups -OCH3 is 1. The highest BCUT2D eigenvalue weighted by Gasteiger charge is 2.09. The highest BCUT2D eigenvalue weighted by Crippen LogP contribution is 2.29. The van der Waals surface area contributed by atoms with Crippen LogP contribution in [0.5, 0.6) is 0 Å². The quantitative estimate of drug-likeness (QED) is 0.877. The Morgan fingerprint density at radius 3 is 3.05 bits per heavy atom. The van der Waals surface area contributed by atoms with E-state index < -0.39 is 0 Å². The smallest absolute Gasteiger partial charge is 0.311 e. The van der Waals surface area contributed by atoms with Crippen LogP contribution in [0.4, 0.5) is 10.8 Å². The number of halogens is 1. The maximum absolute atomic E-state index is 11.1. The first-order valence-electron chi connectivity index (χ1n) is 5.63. The van der Waals surface area contributed by atoms with E-state index in [0.29, 0.717) is 15.8 Å². The molecule has 6 heteroatoms. The van der Waals surface area contributed by atoms with Gasteiger partial charge in [-0.1, -0.05) is 23.7 Å². The van der Waals surface area contributed by atoms with E-state index in [0.717, 1.165) is 11.3 Å². The average molecular weight is 297 g/mol. The Bertz CT molecular complexity index is 598. The Kier molecular flexibility index (Phi) is 4.39. The van der Waals surface area contributed by atoms with Gasteiger partial charge in [-0.3, -0.25) is 4.79 Å². The lowest BCUT2D eigenvalue weighted by atomic mass is 10.2. The summed E-state index contributed by atoms with van der Waals surface area (Å²) in [7, 11) is 1.36. The zero-order valence-electron chi connectivity index (χ0n) is 10.6. The molecule has 4 nitrogen and oxygen atoms in total. The standard InChI is InChI=1S/C13H13ClN2O2S/c1-8-4-3-5-10(12(8)14)16-13-15-9(7-19-13)6-11(17)18-2/h3-5,7H,6H2,1-2H3,(H,15,16). The lowest BCUT2D eigenvalue weighted by Crippen LogP contribution is -2.04. The number of carbonyl (C=O) groups excluding carboxylic acids is 1. The van der Waals surface area contributed by atoms with E-state index in [9.17, 15) is 4.79 Å². The van der Waals surface area contributed by atoms with Gasteiger partial charge in [0.15, 0.2) is 5.13 Å². The van der Waals surface area contributed by atoms with Crippen molar-refractivity contribution in [2.75, 3.05) is 12.4 Å². The van der Waals surface area contributed by atoms with Crippen LogP contribution in [-0.4, -0.2) is 18.1 Å². The van der Waals surface area contributed by atoms with E-state index >= 15 is 0 Å². The van der Waals surface area contributed by atoms with E-state index in [2.05, 4.69) is 15.0 Å². The van der Waals surface area contributed by atoms with E-state index in [1.807, 2.05) is 30.5 Å². The monoisotopic (exact) mass is 296 g/mol. The Labute approximate surface area is 120 Å². The minimum absolute atomic E-state index is 0.177. The van der Waals surface area contributed by atoms with Gasteiger partial charge in [-0.05, 0) is 18.6 Å². The summed E-state index contributed by atoms with van der Waals surface area (Å²) in [6, 6.07) is 5.75. The van der Waals surface area contributed by atoms with Crippen LogP contribution in [0, 0.1) is 6.92 Å². The summed E-state index contributed by atoms with van der Waals surface area (Å²) in [6.45, 7) is 1.94. The number of aromatic nitrogens is 1. The molecule has 100 valence electrons. The lowest BCUT2D eigenvalue weighted by Gasteiger charge is -2.06. The Morgan fingerprint density at radius 1 is 1.53 bits per heavy atom. The van der Waals surface area contributed by atoms with Crippen molar-refractivity contribution in [2.45, 2.75) is 13.3 Å². The third-order valence-corrected chi connectivity index (χ3v) is 3.85. The number of hydrogen-bond donors (Lipinski definition) is 1. The molecular formula is C13H13ClN2O2S. The molecule has 0 bridgehead atoms. The van der Waals surface area contributed by atoms with Crippen LogP contribution in [0.15, 0.2) is 23.6 Å². The van der Waals surface area contributed by atoms with Gasteiger partial charge in [-0.15, -0.1) is 11.3 Å². The van der Waals surface area contributed by atoms with E-state index in [1.54, 1.807) is 0 Å². The second-order valence-corrected chi connectivity index (χ2v) is 5.19. The molecule has 0 unspecified atom stereocenters. The number of thiazole rings is 1. The zero-order chi connectivity index (χ0) is 13.8. The number of rotatable bonds is 4. The van der Waals surface area contributed by atoms with Crippen LogP contribution in [0.1, 0.15) is 11.3 Å². The fourth-order valence-corrected chi connectivity index (χ4v) is 2.42. The van der Waals surface area contributed by atoms with Crippen LogP contribution in [0.2, 0.25) is 5.02 Å². The fourth-order valence-electron chi connectivity index (χ4n) is 1.52. The van der Waals surface area contributed by atoms with E-state index in [4.69, 9.17) is 11.6 Å². The molecule has 0 saturated carbocycles. The second-order valence-electron chi connectivity index (χ2n) is 3.96. The molecule has 0 aliphatic carbocycles. The van der Waals surface area contributed by atoms with E-state index in [1.165, 1.54) is 18.4 Å². The molecule has 1 heterocycles. The van der Waals surface area contributed by atoms with Crippen LogP contribution in [-0.2, 0) is 16.0 Å². The number of benzene rings is 1. The number of hydrogen-bond acceptors (Lipinski definition) is 5. The maximum Gasteiger partial charge on any atom is 0.311 e. The largest absolute Gasteiger partial charge is 0.469 e. The summed E-state index contributed by atoms with van der Waals surface area (Å²) in [5, 5.41) is 6.34. The molecule has 0 fully saturated rings. The highest BCUT2D eigenvalue weighted by molar-refractivity contribution is 7.13. The van der Waals surface area contributed by atoms with Gasteiger partial charge in [0.2, 0.25) is 0 Å². The molecular weight excluding hydrogens is 284 g/mol. The first-order valence-corrected chi connectivity index (χ1v) is 6.89. The first kappa shape index (κ1) is 13.8. The Morgan fingerprint density at radius 2 is 2.32 bits per heavy atom. The van der Waals surface area contributed by atoms with Gasteiger partial charge < -0.3 is 10.1 Å². The first-order chi connectivity index (χ1) is 9.10. The summed E-state index contributed by atoms with van der Waals surface area (Å²) in [5.74, 6) is -0.301. The van der Waals surface area contributed by atoms with Crippen LogP contribution < -0.4 is 5.32 Å². The average Bonchev–Trinajstić information content (AvgIpc) is 2.82. The zero-order valence-corrected chi connectivity index (χ0v) is 12.1. The van der Waals surface area contributed by atoms with Gasteiger partial charge in [-0.2, -0.15) is 0 Å². The lowest BCUT2D eigenvalue weighted by molar-refractivity contribution is -0.139. The number of aryl methyl sites for hydroxylation is 1. The van der Waals surface area contributed by atoms with Crippen molar-refractivity contribution in [3.8, 4) is 0 Å². The molecule has 0 radical (unpaired) electrons. The number of carbonyl (C=O) groups is 1. The number of nitrogens with one attached hydrogen (secondary N) is 1. The van der Waals surface area contributed by atoms with Crippen molar-refractivity contribution in [1.29, 1.82) is 0 Å². The fraction of sp³-hybridized carbons (Fsp3) is 0.231. The molecule has 1 aromatic carbocycles. The van der Waals surface area contributed by atoms with Crippen molar-refractivity contribution >= 4 is 39.7 Å². The van der Waals surface area contributed by atoms with Gasteiger partial charge in [0, 0.05) is 5.38 Å². The number of nitrogens with zero attached hydrogens (tertiary/aromatic N) is 1. The van der Waals surface area contributed by atoms with Gasteiger partial charge in [0.1, 0.15) is 0 Å². The third-order valence-electron chi connectivity index (χ3n) is 2.54. The Hall–Kier alpha value is -1.59. The predicted molar refractivity (Wildman–Crippen MR) is 77.3 cm³/mol. The minimum Gasteiger partial charge on any atom is -0.469 e. The molecule has 2 rings (SSSR count). The number of esters is 1. The SMILES string of the molecule is COC(=O)Cc1csc(Nc2cccc(C)c2Cl)n1. The van der Waals surface area contributed by atoms with Crippen molar-refractivity contribution < 1.29 is 9.53 Å². The summed E-state index contributed by atoms with van der Waals surface area (Å²) >= 11 is 7.62. The molecule has 0 aliphatic heterocycles. The molecule has 0 aliphatic rings. The molecule has 2 aromatic rings.